The number of aryl methyl sites for hydroxylation is 1. The third kappa shape index (κ3) is 5.32. The molecule has 1 atom stereocenters. The van der Waals surface area contributed by atoms with Gasteiger partial charge in [-0.15, -0.1) is 0 Å². The number of benzene rings is 1. The van der Waals surface area contributed by atoms with Crippen molar-refractivity contribution in [1.29, 1.82) is 0 Å². The Kier molecular flexibility index (Phi) is 5.86. The molecule has 18 heavy (non-hydrogen) atoms. The predicted molar refractivity (Wildman–Crippen MR) is 71.7 cm³/mol. The Bertz CT molecular complexity index is 368. The lowest BCUT2D eigenvalue weighted by atomic mass is 9.96. The van der Waals surface area contributed by atoms with Crippen LogP contribution in [0.4, 0.5) is 0 Å². The highest BCUT2D eigenvalue weighted by Gasteiger charge is 2.17. The first-order valence-electron chi connectivity index (χ1n) is 6.39. The number of hydrogen-bond donors (Lipinski definition) is 1. The SMILES string of the molecule is Cc1ccc(CC(CCOC(C)C)C(=O)O)cc1. The topological polar surface area (TPSA) is 46.5 Å². The Morgan fingerprint density at radius 2 is 1.89 bits per heavy atom. The maximum Gasteiger partial charge on any atom is 0.306 e. The van der Waals surface area contributed by atoms with Crippen LogP contribution in [0.5, 0.6) is 0 Å². The van der Waals surface area contributed by atoms with Crippen LogP contribution in [0, 0.1) is 12.8 Å². The van der Waals surface area contributed by atoms with Crippen molar-refractivity contribution in [2.45, 2.75) is 39.7 Å². The van der Waals surface area contributed by atoms with Gasteiger partial charge in [-0.1, -0.05) is 29.8 Å². The van der Waals surface area contributed by atoms with Gasteiger partial charge in [0.2, 0.25) is 0 Å². The van der Waals surface area contributed by atoms with Crippen LogP contribution in [-0.2, 0) is 16.0 Å². The van der Waals surface area contributed by atoms with E-state index in [0.717, 1.165) is 5.56 Å². The van der Waals surface area contributed by atoms with E-state index >= 15 is 0 Å². The van der Waals surface area contributed by atoms with E-state index in [1.54, 1.807) is 0 Å². The van der Waals surface area contributed by atoms with Crippen LogP contribution in [0.15, 0.2) is 24.3 Å². The molecule has 0 aliphatic heterocycles. The zero-order valence-electron chi connectivity index (χ0n) is 11.3. The Morgan fingerprint density at radius 3 is 2.39 bits per heavy atom. The molecule has 1 N–H and O–H groups in total. The molecule has 0 heterocycles. The zero-order chi connectivity index (χ0) is 13.5. The van der Waals surface area contributed by atoms with Gasteiger partial charge in [-0.2, -0.15) is 0 Å². The summed E-state index contributed by atoms with van der Waals surface area (Å²) in [7, 11) is 0. The van der Waals surface area contributed by atoms with Crippen molar-refractivity contribution >= 4 is 5.97 Å². The number of rotatable bonds is 7. The van der Waals surface area contributed by atoms with Crippen LogP contribution < -0.4 is 0 Å². The van der Waals surface area contributed by atoms with E-state index in [4.69, 9.17) is 4.74 Å². The molecule has 0 spiro atoms. The van der Waals surface area contributed by atoms with Gasteiger partial charge < -0.3 is 9.84 Å². The molecule has 0 saturated carbocycles. The van der Waals surface area contributed by atoms with Gasteiger partial charge in [0.25, 0.3) is 0 Å². The summed E-state index contributed by atoms with van der Waals surface area (Å²) in [6.07, 6.45) is 1.28. The number of aliphatic carboxylic acids is 1. The summed E-state index contributed by atoms with van der Waals surface area (Å²) in [5.41, 5.74) is 2.26. The van der Waals surface area contributed by atoms with Crippen LogP contribution in [0.2, 0.25) is 0 Å². The molecule has 1 unspecified atom stereocenters. The Balaban J connectivity index is 2.52. The lowest BCUT2D eigenvalue weighted by Crippen LogP contribution is -2.19. The summed E-state index contributed by atoms with van der Waals surface area (Å²) in [4.78, 5) is 11.2. The highest BCUT2D eigenvalue weighted by Crippen LogP contribution is 2.14. The Morgan fingerprint density at radius 1 is 1.28 bits per heavy atom. The van der Waals surface area contributed by atoms with Crippen molar-refractivity contribution in [2.75, 3.05) is 6.61 Å². The fourth-order valence-corrected chi connectivity index (χ4v) is 1.77. The maximum atomic E-state index is 11.2. The molecular formula is C15H22O3. The van der Waals surface area contributed by atoms with Crippen molar-refractivity contribution < 1.29 is 14.6 Å². The monoisotopic (exact) mass is 250 g/mol. The first-order valence-corrected chi connectivity index (χ1v) is 6.39. The predicted octanol–water partition coefficient (Wildman–Crippen LogP) is 3.05. The minimum atomic E-state index is -0.747. The molecule has 0 bridgehead atoms. The molecule has 1 aromatic carbocycles. The second-order valence-corrected chi connectivity index (χ2v) is 4.93. The first kappa shape index (κ1) is 14.7. The number of hydrogen-bond acceptors (Lipinski definition) is 2. The minimum absolute atomic E-state index is 0.152. The van der Waals surface area contributed by atoms with E-state index < -0.39 is 5.97 Å². The molecule has 3 nitrogen and oxygen atoms in total. The fraction of sp³-hybridized carbons (Fsp3) is 0.533. The molecule has 0 fully saturated rings. The van der Waals surface area contributed by atoms with E-state index in [9.17, 15) is 9.90 Å². The van der Waals surface area contributed by atoms with Crippen LogP contribution in [0.25, 0.3) is 0 Å². The van der Waals surface area contributed by atoms with Gasteiger partial charge in [0.15, 0.2) is 0 Å². The Labute approximate surface area is 109 Å². The van der Waals surface area contributed by atoms with E-state index in [2.05, 4.69) is 0 Å². The average molecular weight is 250 g/mol. The number of ether oxygens (including phenoxy) is 1. The second kappa shape index (κ2) is 7.17. The third-order valence-corrected chi connectivity index (χ3v) is 2.87. The quantitative estimate of drug-likeness (QED) is 0.809. The van der Waals surface area contributed by atoms with Crippen molar-refractivity contribution in [3.05, 3.63) is 35.4 Å². The lowest BCUT2D eigenvalue weighted by molar-refractivity contribution is -0.142. The summed E-state index contributed by atoms with van der Waals surface area (Å²) >= 11 is 0. The summed E-state index contributed by atoms with van der Waals surface area (Å²) in [5.74, 6) is -1.12. The molecule has 3 heteroatoms. The lowest BCUT2D eigenvalue weighted by Gasteiger charge is -2.14. The van der Waals surface area contributed by atoms with Crippen molar-refractivity contribution in [3.63, 3.8) is 0 Å². The molecule has 0 saturated heterocycles. The molecule has 1 aromatic rings. The van der Waals surface area contributed by atoms with Crippen molar-refractivity contribution in [1.82, 2.24) is 0 Å². The number of carboxylic acid groups (broad SMARTS) is 1. The Hall–Kier alpha value is -1.35. The summed E-state index contributed by atoms with van der Waals surface area (Å²) < 4.78 is 5.42. The van der Waals surface area contributed by atoms with Crippen LogP contribution in [-0.4, -0.2) is 23.8 Å². The van der Waals surface area contributed by atoms with Crippen molar-refractivity contribution in [3.8, 4) is 0 Å². The second-order valence-electron chi connectivity index (χ2n) is 4.93. The largest absolute Gasteiger partial charge is 0.481 e. The molecule has 100 valence electrons. The van der Waals surface area contributed by atoms with E-state index in [-0.39, 0.29) is 12.0 Å². The van der Waals surface area contributed by atoms with Crippen LogP contribution in [0.1, 0.15) is 31.4 Å². The van der Waals surface area contributed by atoms with Crippen molar-refractivity contribution in [2.24, 2.45) is 5.92 Å². The molecular weight excluding hydrogens is 228 g/mol. The molecule has 0 radical (unpaired) electrons. The first-order chi connectivity index (χ1) is 8.49. The average Bonchev–Trinajstić information content (AvgIpc) is 2.30. The fourth-order valence-electron chi connectivity index (χ4n) is 1.77. The summed E-state index contributed by atoms with van der Waals surface area (Å²) in [6.45, 7) is 6.43. The van der Waals surface area contributed by atoms with Gasteiger partial charge in [-0.05, 0) is 39.2 Å². The molecule has 0 aromatic heterocycles. The molecule has 0 aliphatic rings. The standard InChI is InChI=1S/C15H22O3/c1-11(2)18-9-8-14(15(16)17)10-13-6-4-12(3)5-7-13/h4-7,11,14H,8-10H2,1-3H3,(H,16,17). The van der Waals surface area contributed by atoms with Crippen LogP contribution in [0.3, 0.4) is 0 Å². The zero-order valence-corrected chi connectivity index (χ0v) is 11.3. The molecule has 0 amide bonds. The minimum Gasteiger partial charge on any atom is -0.481 e. The third-order valence-electron chi connectivity index (χ3n) is 2.87. The van der Waals surface area contributed by atoms with Gasteiger partial charge in [-0.25, -0.2) is 0 Å². The summed E-state index contributed by atoms with van der Waals surface area (Å²) in [5, 5.41) is 9.20. The number of carboxylic acids is 1. The molecule has 1 rings (SSSR count). The van der Waals surface area contributed by atoms with E-state index in [0.29, 0.717) is 19.4 Å². The normalized spacial score (nSPS) is 12.7. The molecule has 0 aliphatic carbocycles. The van der Waals surface area contributed by atoms with Gasteiger partial charge in [0, 0.05) is 6.61 Å². The number of carbonyl (C=O) groups is 1. The van der Waals surface area contributed by atoms with Crippen LogP contribution >= 0.6 is 0 Å². The van der Waals surface area contributed by atoms with Gasteiger partial charge in [0.1, 0.15) is 0 Å². The van der Waals surface area contributed by atoms with Gasteiger partial charge in [-0.3, -0.25) is 4.79 Å². The highest BCUT2D eigenvalue weighted by molar-refractivity contribution is 5.70. The van der Waals surface area contributed by atoms with Gasteiger partial charge in [0.05, 0.1) is 12.0 Å². The smallest absolute Gasteiger partial charge is 0.306 e. The summed E-state index contributed by atoms with van der Waals surface area (Å²) in [6, 6.07) is 8.01. The van der Waals surface area contributed by atoms with E-state index in [1.807, 2.05) is 45.0 Å². The van der Waals surface area contributed by atoms with E-state index in [1.165, 1.54) is 5.56 Å². The maximum absolute atomic E-state index is 11.2. The van der Waals surface area contributed by atoms with Gasteiger partial charge >= 0.3 is 5.97 Å². The highest BCUT2D eigenvalue weighted by atomic mass is 16.5.